The van der Waals surface area contributed by atoms with Crippen LogP contribution >= 0.6 is 0 Å². The summed E-state index contributed by atoms with van der Waals surface area (Å²) in [6.45, 7) is 1.42. The van der Waals surface area contributed by atoms with Gasteiger partial charge in [0.05, 0.1) is 0 Å². The van der Waals surface area contributed by atoms with E-state index in [2.05, 4.69) is 4.90 Å². The number of nitrogens with two attached hydrogens (primary N) is 1. The molecule has 0 spiro atoms. The van der Waals surface area contributed by atoms with Gasteiger partial charge in [-0.15, -0.1) is 0 Å². The molecule has 0 fully saturated rings. The lowest BCUT2D eigenvalue weighted by Crippen LogP contribution is -2.27. The van der Waals surface area contributed by atoms with Crippen LogP contribution in [0.5, 0.6) is 0 Å². The van der Waals surface area contributed by atoms with Crippen LogP contribution in [-0.4, -0.2) is 18.2 Å². The first-order valence-corrected chi connectivity index (χ1v) is 5.89. The van der Waals surface area contributed by atoms with Crippen molar-refractivity contribution in [3.8, 4) is 0 Å². The molecule has 2 rings (SSSR count). The van der Waals surface area contributed by atoms with Gasteiger partial charge in [0.25, 0.3) is 5.56 Å². The van der Waals surface area contributed by atoms with Gasteiger partial charge in [-0.05, 0) is 24.3 Å². The van der Waals surface area contributed by atoms with Gasteiger partial charge in [0.1, 0.15) is 0 Å². The molecule has 0 aliphatic rings. The second-order valence-electron chi connectivity index (χ2n) is 4.25. The normalized spacial score (nSPS) is 10.3. The molecule has 2 N–H and O–H groups in total. The van der Waals surface area contributed by atoms with Crippen LogP contribution in [0.1, 0.15) is 0 Å². The lowest BCUT2D eigenvalue weighted by atomic mass is 10.2. The van der Waals surface area contributed by atoms with Crippen molar-refractivity contribution >= 4 is 11.4 Å². The van der Waals surface area contributed by atoms with E-state index in [0.29, 0.717) is 6.54 Å². The van der Waals surface area contributed by atoms with Crippen molar-refractivity contribution in [3.05, 3.63) is 59.0 Å². The zero-order valence-corrected chi connectivity index (χ0v) is 10.4. The Labute approximate surface area is 106 Å². The summed E-state index contributed by atoms with van der Waals surface area (Å²) in [7, 11) is 1.99. The number of aromatic nitrogens is 1. The number of likely N-dealkylation sites (N-methyl/N-ethyl adjacent to an activating group) is 1. The minimum Gasteiger partial charge on any atom is -0.399 e. The van der Waals surface area contributed by atoms with Crippen LogP contribution in [0.25, 0.3) is 0 Å². The molecule has 0 unspecified atom stereocenters. The van der Waals surface area contributed by atoms with E-state index in [1.54, 1.807) is 22.9 Å². The first-order valence-electron chi connectivity index (χ1n) is 5.89. The third-order valence-electron chi connectivity index (χ3n) is 2.89. The molecule has 0 bridgehead atoms. The first-order chi connectivity index (χ1) is 8.66. The molecule has 0 atom stereocenters. The molecule has 4 nitrogen and oxygen atoms in total. The van der Waals surface area contributed by atoms with Gasteiger partial charge in [0.2, 0.25) is 0 Å². The van der Waals surface area contributed by atoms with Crippen LogP contribution in [0.15, 0.2) is 53.5 Å². The Balaban J connectivity index is 2.03. The standard InChI is InChI=1S/C14H17N3O/c1-16(13-6-4-5-12(15)11-13)9-10-17-8-3-2-7-14(17)18/h2-8,11H,9-10,15H2,1H3. The molecular formula is C14H17N3O. The van der Waals surface area contributed by atoms with E-state index in [0.717, 1.165) is 17.9 Å². The highest BCUT2D eigenvalue weighted by Crippen LogP contribution is 2.15. The highest BCUT2D eigenvalue weighted by molar-refractivity contribution is 5.55. The molecule has 1 aromatic heterocycles. The van der Waals surface area contributed by atoms with Crippen molar-refractivity contribution in [2.45, 2.75) is 6.54 Å². The number of anilines is 2. The van der Waals surface area contributed by atoms with Gasteiger partial charge in [-0.2, -0.15) is 0 Å². The monoisotopic (exact) mass is 243 g/mol. The summed E-state index contributed by atoms with van der Waals surface area (Å²) >= 11 is 0. The maximum atomic E-state index is 11.5. The third-order valence-corrected chi connectivity index (χ3v) is 2.89. The fraction of sp³-hybridized carbons (Fsp3) is 0.214. The average Bonchev–Trinajstić information content (AvgIpc) is 2.37. The Morgan fingerprint density at radius 1 is 1.22 bits per heavy atom. The van der Waals surface area contributed by atoms with Crippen LogP contribution < -0.4 is 16.2 Å². The Morgan fingerprint density at radius 3 is 2.78 bits per heavy atom. The Morgan fingerprint density at radius 2 is 2.06 bits per heavy atom. The van der Waals surface area contributed by atoms with Crippen LogP contribution in [0.2, 0.25) is 0 Å². The molecular weight excluding hydrogens is 226 g/mol. The maximum Gasteiger partial charge on any atom is 0.250 e. The fourth-order valence-electron chi connectivity index (χ4n) is 1.79. The minimum absolute atomic E-state index is 0.0264. The van der Waals surface area contributed by atoms with Gasteiger partial charge in [-0.3, -0.25) is 4.79 Å². The molecule has 18 heavy (non-hydrogen) atoms. The van der Waals surface area contributed by atoms with Crippen LogP contribution in [0, 0.1) is 0 Å². The number of benzene rings is 1. The molecule has 2 aromatic rings. The first kappa shape index (κ1) is 12.2. The predicted octanol–water partition coefficient (Wildman–Crippen LogP) is 1.57. The highest BCUT2D eigenvalue weighted by atomic mass is 16.1. The maximum absolute atomic E-state index is 11.5. The molecule has 0 aliphatic carbocycles. The van der Waals surface area contributed by atoms with Crippen LogP contribution in [-0.2, 0) is 6.54 Å². The van der Waals surface area contributed by atoms with Crippen molar-refractivity contribution in [1.29, 1.82) is 0 Å². The largest absolute Gasteiger partial charge is 0.399 e. The Kier molecular flexibility index (Phi) is 3.67. The van der Waals surface area contributed by atoms with E-state index < -0.39 is 0 Å². The molecule has 1 heterocycles. The summed E-state index contributed by atoms with van der Waals surface area (Å²) in [5.41, 5.74) is 7.57. The van der Waals surface area contributed by atoms with Crippen molar-refractivity contribution in [3.63, 3.8) is 0 Å². The van der Waals surface area contributed by atoms with E-state index in [4.69, 9.17) is 5.73 Å². The van der Waals surface area contributed by atoms with Crippen molar-refractivity contribution in [1.82, 2.24) is 4.57 Å². The lowest BCUT2D eigenvalue weighted by Gasteiger charge is -2.20. The number of hydrogen-bond acceptors (Lipinski definition) is 3. The van der Waals surface area contributed by atoms with Gasteiger partial charge in [0, 0.05) is 43.8 Å². The molecule has 0 aliphatic heterocycles. The third kappa shape index (κ3) is 2.91. The number of nitrogens with zero attached hydrogens (tertiary/aromatic N) is 2. The molecule has 0 saturated heterocycles. The van der Waals surface area contributed by atoms with Gasteiger partial charge in [-0.1, -0.05) is 12.1 Å². The summed E-state index contributed by atoms with van der Waals surface area (Å²) in [6.07, 6.45) is 1.80. The van der Waals surface area contributed by atoms with Crippen molar-refractivity contribution < 1.29 is 0 Å². The number of rotatable bonds is 4. The van der Waals surface area contributed by atoms with E-state index in [1.165, 1.54) is 0 Å². The van der Waals surface area contributed by atoms with Gasteiger partial charge in [0.15, 0.2) is 0 Å². The van der Waals surface area contributed by atoms with Crippen LogP contribution in [0.4, 0.5) is 11.4 Å². The van der Waals surface area contributed by atoms with Gasteiger partial charge >= 0.3 is 0 Å². The Bertz CT molecular complexity index is 577. The molecule has 0 amide bonds. The highest BCUT2D eigenvalue weighted by Gasteiger charge is 2.01. The van der Waals surface area contributed by atoms with Crippen LogP contribution in [0.3, 0.4) is 0 Å². The van der Waals surface area contributed by atoms with Crippen molar-refractivity contribution in [2.24, 2.45) is 0 Å². The van der Waals surface area contributed by atoms with Gasteiger partial charge < -0.3 is 15.2 Å². The second-order valence-corrected chi connectivity index (χ2v) is 4.25. The fourth-order valence-corrected chi connectivity index (χ4v) is 1.79. The second kappa shape index (κ2) is 5.40. The minimum atomic E-state index is 0.0264. The van der Waals surface area contributed by atoms with E-state index in [-0.39, 0.29) is 5.56 Å². The van der Waals surface area contributed by atoms with E-state index in [9.17, 15) is 4.79 Å². The average molecular weight is 243 g/mol. The smallest absolute Gasteiger partial charge is 0.250 e. The predicted molar refractivity (Wildman–Crippen MR) is 74.8 cm³/mol. The molecule has 0 saturated carbocycles. The number of hydrogen-bond donors (Lipinski definition) is 1. The zero-order valence-electron chi connectivity index (χ0n) is 10.4. The summed E-state index contributed by atoms with van der Waals surface area (Å²) in [5.74, 6) is 0. The lowest BCUT2D eigenvalue weighted by molar-refractivity contribution is 0.661. The van der Waals surface area contributed by atoms with E-state index >= 15 is 0 Å². The SMILES string of the molecule is CN(CCn1ccccc1=O)c1cccc(N)c1. The molecule has 4 heteroatoms. The summed E-state index contributed by atoms with van der Waals surface area (Å²) < 4.78 is 1.70. The zero-order chi connectivity index (χ0) is 13.0. The van der Waals surface area contributed by atoms with E-state index in [1.807, 2.05) is 37.4 Å². The summed E-state index contributed by atoms with van der Waals surface area (Å²) in [4.78, 5) is 13.6. The van der Waals surface area contributed by atoms with Crippen molar-refractivity contribution in [2.75, 3.05) is 24.2 Å². The number of pyridine rings is 1. The Hall–Kier alpha value is -2.23. The molecule has 0 radical (unpaired) electrons. The molecule has 1 aromatic carbocycles. The summed E-state index contributed by atoms with van der Waals surface area (Å²) in [5, 5.41) is 0. The number of nitrogen functional groups attached to an aromatic ring is 1. The quantitative estimate of drug-likeness (QED) is 0.829. The summed E-state index contributed by atoms with van der Waals surface area (Å²) in [6, 6.07) is 12.9. The molecule has 94 valence electrons. The van der Waals surface area contributed by atoms with Gasteiger partial charge in [-0.25, -0.2) is 0 Å². The topological polar surface area (TPSA) is 51.3 Å².